The van der Waals surface area contributed by atoms with Gasteiger partial charge in [0.1, 0.15) is 6.10 Å². The van der Waals surface area contributed by atoms with Gasteiger partial charge in [0.25, 0.3) is 0 Å². The topological polar surface area (TPSA) is 58.9 Å². The van der Waals surface area contributed by atoms with Crippen molar-refractivity contribution in [1.82, 2.24) is 15.0 Å². The van der Waals surface area contributed by atoms with Gasteiger partial charge in [0, 0.05) is 16.7 Å². The first-order valence-electron chi connectivity index (χ1n) is 17.3. The minimum Gasteiger partial charge on any atom is -0.384 e. The van der Waals surface area contributed by atoms with Crippen molar-refractivity contribution >= 4 is 0 Å². The molecule has 2 aliphatic rings. The smallest absolute Gasteiger partial charge is 0.164 e. The molecule has 0 saturated carbocycles. The second kappa shape index (κ2) is 11.5. The minimum absolute atomic E-state index is 0.616. The second-order valence-electron chi connectivity index (χ2n) is 13.2. The summed E-state index contributed by atoms with van der Waals surface area (Å²) in [6.45, 7) is 0. The number of aromatic nitrogens is 3. The van der Waals surface area contributed by atoms with Gasteiger partial charge < -0.3 is 5.11 Å². The van der Waals surface area contributed by atoms with E-state index in [0.717, 1.165) is 66.8 Å². The van der Waals surface area contributed by atoms with Crippen LogP contribution in [-0.4, -0.2) is 20.1 Å². The molecular formula is C47H31N3O. The Balaban J connectivity index is 1.25. The van der Waals surface area contributed by atoms with Crippen molar-refractivity contribution in [3.63, 3.8) is 0 Å². The van der Waals surface area contributed by atoms with E-state index < -0.39 is 11.5 Å². The Morgan fingerprint density at radius 1 is 0.373 bits per heavy atom. The van der Waals surface area contributed by atoms with Crippen molar-refractivity contribution in [2.75, 3.05) is 0 Å². The number of aliphatic hydroxyl groups excluding tert-OH is 1. The van der Waals surface area contributed by atoms with Crippen molar-refractivity contribution in [1.29, 1.82) is 0 Å². The Bertz CT molecular complexity index is 2570. The number of aliphatic hydroxyl groups is 1. The molecule has 4 nitrogen and oxygen atoms in total. The third-order valence-corrected chi connectivity index (χ3v) is 10.5. The molecule has 10 rings (SSSR count). The van der Waals surface area contributed by atoms with Crippen LogP contribution < -0.4 is 0 Å². The second-order valence-corrected chi connectivity index (χ2v) is 13.2. The summed E-state index contributed by atoms with van der Waals surface area (Å²) in [6.07, 6.45) is -0.714. The Labute approximate surface area is 296 Å². The van der Waals surface area contributed by atoms with Crippen molar-refractivity contribution < 1.29 is 5.11 Å². The van der Waals surface area contributed by atoms with Crippen LogP contribution in [0.3, 0.4) is 0 Å². The summed E-state index contributed by atoms with van der Waals surface area (Å²) in [5.41, 5.74) is 13.0. The van der Waals surface area contributed by atoms with Gasteiger partial charge in [0.05, 0.1) is 5.41 Å². The van der Waals surface area contributed by atoms with Crippen molar-refractivity contribution in [3.8, 4) is 56.4 Å². The lowest BCUT2D eigenvalue weighted by Crippen LogP contribution is -2.35. The van der Waals surface area contributed by atoms with E-state index in [0.29, 0.717) is 17.5 Å². The molecular weight excluding hydrogens is 623 g/mol. The first-order chi connectivity index (χ1) is 25.2. The molecule has 1 aromatic heterocycles. The molecule has 0 amide bonds. The zero-order chi connectivity index (χ0) is 33.9. The van der Waals surface area contributed by atoms with Crippen molar-refractivity contribution in [2.24, 2.45) is 0 Å². The number of fused-ring (bicyclic) bond motifs is 9. The summed E-state index contributed by atoms with van der Waals surface area (Å²) >= 11 is 0. The lowest BCUT2D eigenvalue weighted by molar-refractivity contribution is 0.212. The van der Waals surface area contributed by atoms with E-state index in [9.17, 15) is 5.11 Å². The van der Waals surface area contributed by atoms with E-state index in [4.69, 9.17) is 15.0 Å². The highest BCUT2D eigenvalue weighted by atomic mass is 16.3. The van der Waals surface area contributed by atoms with Gasteiger partial charge in [0.15, 0.2) is 17.5 Å². The molecule has 0 atom stereocenters. The van der Waals surface area contributed by atoms with Gasteiger partial charge in [-0.15, -0.1) is 0 Å². The monoisotopic (exact) mass is 653 g/mol. The number of hydrogen-bond donors (Lipinski definition) is 1. The first kappa shape index (κ1) is 29.4. The predicted molar refractivity (Wildman–Crippen MR) is 203 cm³/mol. The van der Waals surface area contributed by atoms with Crippen LogP contribution >= 0.6 is 0 Å². The molecule has 1 spiro atoms. The van der Waals surface area contributed by atoms with E-state index in [1.165, 1.54) is 5.56 Å². The van der Waals surface area contributed by atoms with Crippen LogP contribution in [0, 0.1) is 0 Å². The molecule has 1 N–H and O–H groups in total. The maximum absolute atomic E-state index is 11.7. The number of hydrogen-bond acceptors (Lipinski definition) is 4. The van der Waals surface area contributed by atoms with Crippen LogP contribution in [0.25, 0.3) is 56.4 Å². The molecule has 0 bridgehead atoms. The van der Waals surface area contributed by atoms with Gasteiger partial charge in [-0.25, -0.2) is 15.0 Å². The van der Waals surface area contributed by atoms with Gasteiger partial charge in [-0.1, -0.05) is 170 Å². The number of benzene rings is 7. The fourth-order valence-electron chi connectivity index (χ4n) is 8.37. The molecule has 2 aliphatic carbocycles. The zero-order valence-electron chi connectivity index (χ0n) is 27.6. The molecule has 7 aromatic carbocycles. The van der Waals surface area contributed by atoms with Gasteiger partial charge in [0.2, 0.25) is 0 Å². The van der Waals surface area contributed by atoms with Crippen LogP contribution in [0.2, 0.25) is 0 Å². The lowest BCUT2D eigenvalue weighted by atomic mass is 9.61. The van der Waals surface area contributed by atoms with Crippen LogP contribution in [-0.2, 0) is 5.41 Å². The Morgan fingerprint density at radius 2 is 0.843 bits per heavy atom. The highest BCUT2D eigenvalue weighted by Crippen LogP contribution is 2.62. The summed E-state index contributed by atoms with van der Waals surface area (Å²) < 4.78 is 0. The van der Waals surface area contributed by atoms with Crippen molar-refractivity contribution in [3.05, 3.63) is 209 Å². The maximum Gasteiger partial charge on any atom is 0.164 e. The van der Waals surface area contributed by atoms with E-state index >= 15 is 0 Å². The molecule has 51 heavy (non-hydrogen) atoms. The molecule has 0 radical (unpaired) electrons. The maximum atomic E-state index is 11.7. The molecule has 0 aliphatic heterocycles. The van der Waals surface area contributed by atoms with E-state index in [1.807, 2.05) is 48.5 Å². The molecule has 0 saturated heterocycles. The molecule has 0 unspecified atom stereocenters. The van der Waals surface area contributed by atoms with Crippen LogP contribution in [0.4, 0.5) is 0 Å². The fourth-order valence-corrected chi connectivity index (χ4v) is 8.37. The van der Waals surface area contributed by atoms with Crippen LogP contribution in [0.1, 0.15) is 39.5 Å². The van der Waals surface area contributed by atoms with Gasteiger partial charge >= 0.3 is 0 Å². The minimum atomic E-state index is -0.714. The summed E-state index contributed by atoms with van der Waals surface area (Å²) in [6, 6.07) is 60.8. The molecule has 8 aromatic rings. The molecule has 4 heteroatoms. The van der Waals surface area contributed by atoms with Gasteiger partial charge in [-0.2, -0.15) is 0 Å². The largest absolute Gasteiger partial charge is 0.384 e. The Kier molecular flexibility index (Phi) is 6.66. The van der Waals surface area contributed by atoms with E-state index in [1.54, 1.807) is 0 Å². The molecule has 240 valence electrons. The molecule has 0 fully saturated rings. The summed E-state index contributed by atoms with van der Waals surface area (Å²) in [4.78, 5) is 15.5. The zero-order valence-corrected chi connectivity index (χ0v) is 27.6. The molecule has 1 heterocycles. The van der Waals surface area contributed by atoms with Gasteiger partial charge in [-0.3, -0.25) is 0 Å². The highest BCUT2D eigenvalue weighted by Gasteiger charge is 2.52. The fraction of sp³-hybridized carbons (Fsp3) is 0.0426. The normalized spacial score (nSPS) is 16.6. The average Bonchev–Trinajstić information content (AvgIpc) is 3.51. The lowest BCUT2D eigenvalue weighted by Gasteiger charge is -2.41. The van der Waals surface area contributed by atoms with Gasteiger partial charge in [-0.05, 0) is 61.7 Å². The third-order valence-electron chi connectivity index (χ3n) is 10.5. The van der Waals surface area contributed by atoms with E-state index in [2.05, 4.69) is 127 Å². The number of rotatable bonds is 4. The summed E-state index contributed by atoms with van der Waals surface area (Å²) in [5, 5.41) is 11.7. The summed E-state index contributed by atoms with van der Waals surface area (Å²) in [5.74, 6) is 1.85. The Morgan fingerprint density at radius 3 is 1.55 bits per heavy atom. The van der Waals surface area contributed by atoms with Crippen molar-refractivity contribution in [2.45, 2.75) is 11.5 Å². The number of nitrogens with zero attached hydrogens (tertiary/aromatic N) is 3. The first-order valence-corrected chi connectivity index (χ1v) is 17.3. The van der Waals surface area contributed by atoms with Crippen LogP contribution in [0.15, 0.2) is 176 Å². The average molecular weight is 654 g/mol. The summed E-state index contributed by atoms with van der Waals surface area (Å²) in [7, 11) is 0. The van der Waals surface area contributed by atoms with Crippen LogP contribution in [0.5, 0.6) is 0 Å². The SMILES string of the molecule is OC1c2ccccc2C2(c3ccccc3-c3c(-c4nc(-c5ccccc5)nc(-c5cccc(-c6ccccc6)c5)n4)cccc32)c2ccccc21. The quantitative estimate of drug-likeness (QED) is 0.205. The highest BCUT2D eigenvalue weighted by molar-refractivity contribution is 5.95. The Hall–Kier alpha value is -6.49. The van der Waals surface area contributed by atoms with E-state index in [-0.39, 0.29) is 0 Å². The third kappa shape index (κ3) is 4.40. The standard InChI is InChI=1S/C47H31N3O/c51-43-35-22-8-11-26-39(35)47(40-27-12-9-23-36(40)43)38-25-10-7-21-34(38)42-37(24-14-28-41(42)47)46-49-44(31-17-5-2-6-18-31)48-45(50-46)33-20-13-19-32(29-33)30-15-3-1-4-16-30/h1-29,43,51H. The predicted octanol–water partition coefficient (Wildman–Crippen LogP) is 10.3.